The van der Waals surface area contributed by atoms with E-state index in [-0.39, 0.29) is 0 Å². The summed E-state index contributed by atoms with van der Waals surface area (Å²) in [5, 5.41) is 17.5. The molecule has 1 aromatic heterocycles. The zero-order chi connectivity index (χ0) is 20.9. The van der Waals surface area contributed by atoms with Crippen LogP contribution in [0.3, 0.4) is 0 Å². The van der Waals surface area contributed by atoms with Gasteiger partial charge in [0, 0.05) is 17.1 Å². The summed E-state index contributed by atoms with van der Waals surface area (Å²) in [5.74, 6) is -0.447. The molecule has 0 aliphatic heterocycles. The number of thiazole rings is 1. The second-order valence-electron chi connectivity index (χ2n) is 6.42. The van der Waals surface area contributed by atoms with Crippen LogP contribution in [0, 0.1) is 11.3 Å². The van der Waals surface area contributed by atoms with Crippen molar-refractivity contribution in [2.75, 3.05) is 12.4 Å². The zero-order valence-electron chi connectivity index (χ0n) is 16.1. The van der Waals surface area contributed by atoms with Crippen LogP contribution >= 0.6 is 11.3 Å². The molecule has 1 N–H and O–H groups in total. The molecule has 6 heteroatoms. The number of para-hydroxylation sites is 1. The van der Waals surface area contributed by atoms with Crippen LogP contribution in [-0.2, 0) is 4.74 Å². The van der Waals surface area contributed by atoms with Crippen molar-refractivity contribution in [3.63, 3.8) is 0 Å². The number of benzene rings is 3. The number of hydrogen-bond donors (Lipinski definition) is 1. The Labute approximate surface area is 177 Å². The molecule has 0 fully saturated rings. The molecular formula is C24H17N3O2S. The van der Waals surface area contributed by atoms with Crippen LogP contribution in [0.5, 0.6) is 0 Å². The number of nitrogens with one attached hydrogen (secondary N) is 1. The van der Waals surface area contributed by atoms with Crippen molar-refractivity contribution < 1.29 is 9.53 Å². The molecule has 0 aliphatic carbocycles. The fourth-order valence-electron chi connectivity index (χ4n) is 3.16. The summed E-state index contributed by atoms with van der Waals surface area (Å²) >= 11 is 1.40. The van der Waals surface area contributed by atoms with Gasteiger partial charge in [0.15, 0.2) is 0 Å². The summed E-state index contributed by atoms with van der Waals surface area (Å²) in [5.41, 5.74) is 3.18. The number of methoxy groups -OCH3 is 1. The van der Waals surface area contributed by atoms with Gasteiger partial charge in [0.05, 0.1) is 24.1 Å². The average Bonchev–Trinajstić information content (AvgIpc) is 3.28. The number of rotatable bonds is 5. The molecule has 4 rings (SSSR count). The Morgan fingerprint density at radius 1 is 1.10 bits per heavy atom. The quantitative estimate of drug-likeness (QED) is 0.335. The molecular weight excluding hydrogens is 394 g/mol. The highest BCUT2D eigenvalue weighted by atomic mass is 32.1. The monoisotopic (exact) mass is 411 g/mol. The van der Waals surface area contributed by atoms with Crippen LogP contribution in [-0.4, -0.2) is 18.1 Å². The number of allylic oxidation sites excluding steroid dienone is 1. The van der Waals surface area contributed by atoms with Crippen molar-refractivity contribution in [3.05, 3.63) is 88.9 Å². The normalized spacial score (nSPS) is 11.1. The van der Waals surface area contributed by atoms with Gasteiger partial charge in [0.2, 0.25) is 0 Å². The van der Waals surface area contributed by atoms with Crippen molar-refractivity contribution in [1.29, 1.82) is 5.26 Å². The Morgan fingerprint density at radius 2 is 1.87 bits per heavy atom. The number of hydrogen-bond acceptors (Lipinski definition) is 6. The van der Waals surface area contributed by atoms with Crippen LogP contribution in [0.1, 0.15) is 15.4 Å². The van der Waals surface area contributed by atoms with E-state index < -0.39 is 5.97 Å². The Bertz CT molecular complexity index is 1300. The molecule has 0 saturated carbocycles. The summed E-state index contributed by atoms with van der Waals surface area (Å²) in [4.78, 5) is 16.6. The highest BCUT2D eigenvalue weighted by Gasteiger charge is 2.13. The second kappa shape index (κ2) is 8.60. The summed E-state index contributed by atoms with van der Waals surface area (Å²) < 4.78 is 4.81. The number of ether oxygens (including phenoxy) is 1. The number of nitrogens with zero attached hydrogens (tertiary/aromatic N) is 2. The van der Waals surface area contributed by atoms with E-state index in [1.54, 1.807) is 30.5 Å². The van der Waals surface area contributed by atoms with Crippen molar-refractivity contribution in [1.82, 2.24) is 4.98 Å². The third-order valence-electron chi connectivity index (χ3n) is 4.63. The lowest BCUT2D eigenvalue weighted by atomic mass is 10.0. The van der Waals surface area contributed by atoms with E-state index in [2.05, 4.69) is 34.6 Å². The lowest BCUT2D eigenvalue weighted by Gasteiger charge is -2.07. The van der Waals surface area contributed by atoms with E-state index in [9.17, 15) is 10.1 Å². The minimum atomic E-state index is -0.447. The van der Waals surface area contributed by atoms with Gasteiger partial charge in [-0.2, -0.15) is 5.26 Å². The minimum absolute atomic E-state index is 0.381. The zero-order valence-corrected chi connectivity index (χ0v) is 16.9. The van der Waals surface area contributed by atoms with Crippen molar-refractivity contribution in [2.24, 2.45) is 0 Å². The van der Waals surface area contributed by atoms with Gasteiger partial charge in [0.25, 0.3) is 0 Å². The Kier molecular flexibility index (Phi) is 5.55. The van der Waals surface area contributed by atoms with E-state index in [0.29, 0.717) is 21.8 Å². The Hall–Kier alpha value is -3.95. The molecule has 0 saturated heterocycles. The average molecular weight is 411 g/mol. The van der Waals surface area contributed by atoms with Gasteiger partial charge in [-0.3, -0.25) is 0 Å². The molecule has 0 spiro atoms. The van der Waals surface area contributed by atoms with E-state index >= 15 is 0 Å². The van der Waals surface area contributed by atoms with Crippen LogP contribution in [0.4, 0.5) is 5.69 Å². The van der Waals surface area contributed by atoms with Gasteiger partial charge in [-0.1, -0.05) is 54.6 Å². The first kappa shape index (κ1) is 19.4. The second-order valence-corrected chi connectivity index (χ2v) is 7.27. The van der Waals surface area contributed by atoms with Gasteiger partial charge in [-0.05, 0) is 22.9 Å². The van der Waals surface area contributed by atoms with Gasteiger partial charge in [0.1, 0.15) is 16.6 Å². The SMILES string of the molecule is COC(=O)c1ccccc1N/C=C(/C#N)c1nc(-c2cccc3ccccc23)cs1. The predicted molar refractivity (Wildman–Crippen MR) is 120 cm³/mol. The van der Waals surface area contributed by atoms with E-state index in [0.717, 1.165) is 22.0 Å². The fraction of sp³-hybridized carbons (Fsp3) is 0.0417. The number of carbonyl (C=O) groups excluding carboxylic acids is 1. The van der Waals surface area contributed by atoms with E-state index in [1.807, 2.05) is 29.6 Å². The number of nitriles is 1. The number of esters is 1. The van der Waals surface area contributed by atoms with Crippen LogP contribution < -0.4 is 5.32 Å². The molecule has 0 aliphatic rings. The molecule has 4 aromatic rings. The molecule has 5 nitrogen and oxygen atoms in total. The molecule has 0 amide bonds. The highest BCUT2D eigenvalue weighted by molar-refractivity contribution is 7.11. The van der Waals surface area contributed by atoms with Gasteiger partial charge in [-0.25, -0.2) is 9.78 Å². The molecule has 3 aromatic carbocycles. The third kappa shape index (κ3) is 3.79. The van der Waals surface area contributed by atoms with Crippen molar-refractivity contribution in [2.45, 2.75) is 0 Å². The summed E-state index contributed by atoms with van der Waals surface area (Å²) in [6.07, 6.45) is 1.56. The maximum atomic E-state index is 11.9. The Morgan fingerprint density at radius 3 is 2.70 bits per heavy atom. The highest BCUT2D eigenvalue weighted by Crippen LogP contribution is 2.31. The molecule has 0 radical (unpaired) electrons. The predicted octanol–water partition coefficient (Wildman–Crippen LogP) is 5.73. The van der Waals surface area contributed by atoms with Crippen LogP contribution in [0.25, 0.3) is 27.6 Å². The lowest BCUT2D eigenvalue weighted by Crippen LogP contribution is -2.05. The van der Waals surface area contributed by atoms with Gasteiger partial charge >= 0.3 is 5.97 Å². The molecule has 146 valence electrons. The summed E-state index contributed by atoms with van der Waals surface area (Å²) in [7, 11) is 1.33. The molecule has 0 unspecified atom stereocenters. The smallest absolute Gasteiger partial charge is 0.339 e. The van der Waals surface area contributed by atoms with Crippen LogP contribution in [0.2, 0.25) is 0 Å². The molecule has 0 bridgehead atoms. The van der Waals surface area contributed by atoms with Crippen LogP contribution in [0.15, 0.2) is 78.3 Å². The largest absolute Gasteiger partial charge is 0.465 e. The van der Waals surface area contributed by atoms with E-state index in [1.165, 1.54) is 18.4 Å². The minimum Gasteiger partial charge on any atom is -0.465 e. The van der Waals surface area contributed by atoms with Gasteiger partial charge < -0.3 is 10.1 Å². The topological polar surface area (TPSA) is 75.0 Å². The molecule has 0 atom stereocenters. The van der Waals surface area contributed by atoms with Crippen molar-refractivity contribution in [3.8, 4) is 17.3 Å². The summed E-state index contributed by atoms with van der Waals surface area (Å²) in [6.45, 7) is 0. The molecule has 1 heterocycles. The summed E-state index contributed by atoms with van der Waals surface area (Å²) in [6, 6.07) is 23.4. The fourth-order valence-corrected chi connectivity index (χ4v) is 3.94. The van der Waals surface area contributed by atoms with Gasteiger partial charge in [-0.15, -0.1) is 11.3 Å². The number of aromatic nitrogens is 1. The first-order chi connectivity index (χ1) is 14.7. The first-order valence-electron chi connectivity index (χ1n) is 9.19. The lowest BCUT2D eigenvalue weighted by molar-refractivity contribution is 0.0602. The Balaban J connectivity index is 1.65. The molecule has 30 heavy (non-hydrogen) atoms. The van der Waals surface area contributed by atoms with E-state index in [4.69, 9.17) is 4.74 Å². The number of fused-ring (bicyclic) bond motifs is 1. The number of carbonyl (C=O) groups is 1. The van der Waals surface area contributed by atoms with Crippen molar-refractivity contribution >= 4 is 39.3 Å². The first-order valence-corrected chi connectivity index (χ1v) is 10.1. The maximum absolute atomic E-state index is 11.9. The third-order valence-corrected chi connectivity index (χ3v) is 5.50. The number of anilines is 1. The standard InChI is InChI=1S/C24H17N3O2S/c1-29-24(28)20-10-4-5-12-21(20)26-14-17(13-25)23-27-22(15-30-23)19-11-6-8-16-7-2-3-9-18(16)19/h2-12,14-15,26H,1H3/b17-14-. The maximum Gasteiger partial charge on any atom is 0.339 e.